The molecule has 1 aliphatic carbocycles. The Hall–Kier alpha value is -2.18. The number of allylic oxidation sites excluding steroid dienone is 8. The van der Waals surface area contributed by atoms with E-state index in [0.29, 0.717) is 29.2 Å². The molecule has 1 aromatic carbocycles. The molecule has 1 aromatic heterocycles. The van der Waals surface area contributed by atoms with Crippen molar-refractivity contribution in [3.63, 3.8) is 0 Å². The van der Waals surface area contributed by atoms with Crippen LogP contribution in [0.25, 0.3) is 0 Å². The standard InChI is InChI=1S/C35H42ClN3O9S3.Na.H/c1-34(2)27-11-6-18-38(19-7-21-49(40,41)42)33(27)37-30(34)16-12-24-9-5-10-25(32(24)36)13-17-31-35(3,4)28-23-26(51(46,47)48)14-15-29(28)39(31)20-8-22-50(43,44)45;;/h6,11-18,23H,5,7-10,19-22H2,1-4H3,(H2-,40,41,42,43,44,45,46,47,48);;/q;+1;-1. The Labute approximate surface area is 335 Å². The Morgan fingerprint density at radius 1 is 0.942 bits per heavy atom. The molecule has 0 spiro atoms. The average Bonchev–Trinajstić information content (AvgIpc) is 3.39. The van der Waals surface area contributed by atoms with Crippen molar-refractivity contribution in [1.29, 1.82) is 0 Å². The molecule has 278 valence electrons. The summed E-state index contributed by atoms with van der Waals surface area (Å²) in [6.45, 7) is 8.51. The number of benzene rings is 1. The molecule has 17 heteroatoms. The van der Waals surface area contributed by atoms with Crippen LogP contribution < -0.4 is 39.0 Å². The Kier molecular flexibility index (Phi) is 13.0. The second-order valence-electron chi connectivity index (χ2n) is 14.0. The van der Waals surface area contributed by atoms with Crippen molar-refractivity contribution in [1.82, 2.24) is 0 Å². The van der Waals surface area contributed by atoms with Gasteiger partial charge in [-0.3, -0.25) is 9.11 Å². The van der Waals surface area contributed by atoms with Crippen molar-refractivity contribution in [3.8, 4) is 0 Å². The van der Waals surface area contributed by atoms with Crippen LogP contribution in [0.5, 0.6) is 0 Å². The van der Waals surface area contributed by atoms with Gasteiger partial charge in [-0.05, 0) is 104 Å². The van der Waals surface area contributed by atoms with E-state index in [1.807, 2.05) is 65.9 Å². The first-order valence-corrected chi connectivity index (χ1v) is 21.5. The molecule has 5 rings (SSSR count). The van der Waals surface area contributed by atoms with Crippen LogP contribution in [0.2, 0.25) is 0 Å². The van der Waals surface area contributed by atoms with Gasteiger partial charge in [0.05, 0.1) is 40.1 Å². The fourth-order valence-corrected chi connectivity index (χ4v) is 8.71. The van der Waals surface area contributed by atoms with Crippen molar-refractivity contribution < 1.29 is 74.5 Å². The number of halogens is 1. The monoisotopic (exact) mass is 803 g/mol. The molecule has 0 saturated carbocycles. The average molecular weight is 804 g/mol. The fourth-order valence-electron chi connectivity index (χ4n) is 6.91. The summed E-state index contributed by atoms with van der Waals surface area (Å²) in [5, 5.41) is 0.592. The molecule has 0 radical (unpaired) electrons. The Bertz CT molecular complexity index is 2250. The predicted octanol–water partition coefficient (Wildman–Crippen LogP) is 2.76. The van der Waals surface area contributed by atoms with Crippen LogP contribution in [0, 0.1) is 0 Å². The van der Waals surface area contributed by atoms with Crippen molar-refractivity contribution in [2.45, 2.75) is 82.1 Å². The summed E-state index contributed by atoms with van der Waals surface area (Å²) in [6, 6.07) is 8.05. The van der Waals surface area contributed by atoms with Crippen LogP contribution in [0.1, 0.15) is 72.4 Å². The van der Waals surface area contributed by atoms with Crippen LogP contribution in [0.4, 0.5) is 11.5 Å². The van der Waals surface area contributed by atoms with Gasteiger partial charge in [0.25, 0.3) is 20.2 Å². The summed E-state index contributed by atoms with van der Waals surface area (Å²) in [5.41, 5.74) is 4.41. The van der Waals surface area contributed by atoms with Gasteiger partial charge in [0.15, 0.2) is 5.71 Å². The maximum Gasteiger partial charge on any atom is 1.00 e. The Morgan fingerprint density at radius 3 is 2.27 bits per heavy atom. The molecular formula is C35H43ClN3NaO9S3. The summed E-state index contributed by atoms with van der Waals surface area (Å²) in [4.78, 5) is 6.44. The van der Waals surface area contributed by atoms with Gasteiger partial charge in [-0.25, -0.2) is 13.0 Å². The van der Waals surface area contributed by atoms with E-state index in [2.05, 4.69) is 13.8 Å². The number of nitrogens with zero attached hydrogens (tertiary/aromatic N) is 3. The second kappa shape index (κ2) is 15.9. The van der Waals surface area contributed by atoms with E-state index in [1.165, 1.54) is 12.1 Å². The van der Waals surface area contributed by atoms with E-state index < -0.39 is 46.9 Å². The minimum absolute atomic E-state index is 0. The van der Waals surface area contributed by atoms with Crippen LogP contribution >= 0.6 is 11.6 Å². The zero-order valence-corrected chi connectivity index (χ0v) is 35.0. The van der Waals surface area contributed by atoms with Crippen molar-refractivity contribution >= 4 is 59.2 Å². The number of aromatic nitrogens is 1. The number of hydrogen-bond acceptors (Lipinski definition) is 9. The zero-order valence-electron chi connectivity index (χ0n) is 30.8. The summed E-state index contributed by atoms with van der Waals surface area (Å²) in [6.07, 6.45) is 12.2. The van der Waals surface area contributed by atoms with E-state index in [1.54, 1.807) is 6.07 Å². The third-order valence-electron chi connectivity index (χ3n) is 9.66. The minimum Gasteiger partial charge on any atom is -1.00 e. The van der Waals surface area contributed by atoms with Crippen LogP contribution in [0.3, 0.4) is 0 Å². The number of aryl methyl sites for hydroxylation is 1. The first-order chi connectivity index (χ1) is 23.6. The molecular weight excluding hydrogens is 761 g/mol. The van der Waals surface area contributed by atoms with Gasteiger partial charge >= 0.3 is 35.4 Å². The number of pyridine rings is 1. The topological polar surface area (TPSA) is 185 Å². The number of aliphatic imine (C=N–C) groups is 1. The largest absolute Gasteiger partial charge is 1.00 e. The molecule has 0 atom stereocenters. The van der Waals surface area contributed by atoms with Crippen LogP contribution in [-0.2, 0) is 47.7 Å². The summed E-state index contributed by atoms with van der Waals surface area (Å²) < 4.78 is 101. The van der Waals surface area contributed by atoms with Gasteiger partial charge in [0.1, 0.15) is 10.1 Å². The molecule has 0 bridgehead atoms. The van der Waals surface area contributed by atoms with Gasteiger partial charge in [0.2, 0.25) is 0 Å². The summed E-state index contributed by atoms with van der Waals surface area (Å²) >= 11 is 7.01. The third-order valence-corrected chi connectivity index (χ3v) is 12.6. The number of fused-ring (bicyclic) bond motifs is 2. The van der Waals surface area contributed by atoms with E-state index >= 15 is 0 Å². The Balaban J connectivity index is 0.00000378. The van der Waals surface area contributed by atoms with Crippen molar-refractivity contribution in [2.24, 2.45) is 4.99 Å². The van der Waals surface area contributed by atoms with Gasteiger partial charge in [-0.15, -0.1) is 0 Å². The molecule has 2 aromatic rings. The van der Waals surface area contributed by atoms with Crippen molar-refractivity contribution in [3.05, 3.63) is 93.8 Å². The quantitative estimate of drug-likeness (QED) is 0.184. The molecule has 52 heavy (non-hydrogen) atoms. The molecule has 0 fully saturated rings. The van der Waals surface area contributed by atoms with Gasteiger partial charge in [-0.2, -0.15) is 16.8 Å². The van der Waals surface area contributed by atoms with E-state index in [-0.39, 0.29) is 61.0 Å². The first kappa shape index (κ1) is 42.6. The van der Waals surface area contributed by atoms with Gasteiger partial charge in [0, 0.05) is 34.8 Å². The Morgan fingerprint density at radius 2 is 1.62 bits per heavy atom. The normalized spacial score (nSPS) is 20.0. The molecule has 0 saturated heterocycles. The molecule has 3 heterocycles. The van der Waals surface area contributed by atoms with Crippen LogP contribution in [0.15, 0.2) is 92.6 Å². The van der Waals surface area contributed by atoms with Gasteiger partial charge in [-0.1, -0.05) is 37.6 Å². The molecule has 0 amide bonds. The summed E-state index contributed by atoms with van der Waals surface area (Å²) in [7, 11) is -13.0. The number of rotatable bonds is 12. The fraction of sp³-hybridized carbons (Fsp3) is 0.429. The molecule has 3 aliphatic rings. The van der Waals surface area contributed by atoms with E-state index in [9.17, 15) is 34.4 Å². The van der Waals surface area contributed by atoms with Crippen molar-refractivity contribution in [2.75, 3.05) is 23.0 Å². The smallest absolute Gasteiger partial charge is 1.00 e. The molecule has 2 aliphatic heterocycles. The predicted molar refractivity (Wildman–Crippen MR) is 197 cm³/mol. The first-order valence-electron chi connectivity index (χ1n) is 16.5. The van der Waals surface area contributed by atoms with Crippen LogP contribution in [-0.4, -0.2) is 62.7 Å². The molecule has 12 nitrogen and oxygen atoms in total. The van der Waals surface area contributed by atoms with E-state index in [4.69, 9.17) is 21.1 Å². The molecule has 2 N–H and O–H groups in total. The third kappa shape index (κ3) is 9.54. The maximum atomic E-state index is 11.9. The van der Waals surface area contributed by atoms with Gasteiger partial charge < -0.3 is 10.9 Å². The summed E-state index contributed by atoms with van der Waals surface area (Å²) in [5.74, 6) is -0.0624. The number of hydrogen-bond donors (Lipinski definition) is 2. The second-order valence-corrected chi connectivity index (χ2v) is 18.9. The zero-order chi connectivity index (χ0) is 37.6. The minimum atomic E-state index is -4.71. The van der Waals surface area contributed by atoms with E-state index in [0.717, 1.165) is 46.8 Å². The SMILES string of the molecule is CC1(C)C(=CC=C2CCCC(C=CC3=Nc4c(ccc[n+]4CCCS(=O)(=O)O)C3(C)C)=C2Cl)N(CCCS(=O)(=O)O)c2ccc(S(=O)(=O)[O-])cc21.[H-].[Na+]. The molecule has 0 unspecified atom stereocenters. The number of anilines is 1. The maximum absolute atomic E-state index is 11.9.